The van der Waals surface area contributed by atoms with Crippen LogP contribution in [0.5, 0.6) is 0 Å². The fourth-order valence-electron chi connectivity index (χ4n) is 3.89. The molecule has 0 unspecified atom stereocenters. The van der Waals surface area contributed by atoms with Crippen molar-refractivity contribution >= 4 is 11.6 Å². The molecule has 124 valence electrons. The Bertz CT molecular complexity index is 563. The predicted octanol–water partition coefficient (Wildman–Crippen LogP) is 4.75. The second kappa shape index (κ2) is 7.68. The molecule has 2 N–H and O–H groups in total. The van der Waals surface area contributed by atoms with Crippen LogP contribution >= 0.6 is 0 Å². The van der Waals surface area contributed by atoms with Crippen molar-refractivity contribution in [3.05, 3.63) is 17.2 Å². The third-order valence-electron chi connectivity index (χ3n) is 5.23. The number of hydrogen-bond acceptors (Lipinski definition) is 4. The highest BCUT2D eigenvalue weighted by atomic mass is 15.1. The third-order valence-corrected chi connectivity index (χ3v) is 5.23. The number of anilines is 2. The van der Waals surface area contributed by atoms with Crippen LogP contribution < -0.4 is 10.6 Å². The summed E-state index contributed by atoms with van der Waals surface area (Å²) >= 11 is 0. The average Bonchev–Trinajstić information content (AvgIpc) is 2.57. The molecule has 2 saturated carbocycles. The molecular weight excluding hydrogens is 284 g/mol. The largest absolute Gasteiger partial charge is 0.367 e. The van der Waals surface area contributed by atoms with Crippen LogP contribution in [0.15, 0.2) is 6.07 Å². The maximum Gasteiger partial charge on any atom is 0.146 e. The molecule has 0 aromatic carbocycles. The van der Waals surface area contributed by atoms with Crippen LogP contribution in [0.25, 0.3) is 0 Å². The molecule has 0 bridgehead atoms. The Morgan fingerprint density at radius 3 is 2.09 bits per heavy atom. The highest BCUT2D eigenvalue weighted by Gasteiger charge is 2.19. The molecule has 1 aromatic rings. The van der Waals surface area contributed by atoms with Gasteiger partial charge >= 0.3 is 0 Å². The van der Waals surface area contributed by atoms with E-state index in [2.05, 4.69) is 16.7 Å². The zero-order chi connectivity index (χ0) is 16.1. The second-order valence-electron chi connectivity index (χ2n) is 7.12. The van der Waals surface area contributed by atoms with Crippen LogP contribution in [0, 0.1) is 18.3 Å². The van der Waals surface area contributed by atoms with Gasteiger partial charge in [-0.2, -0.15) is 5.26 Å². The van der Waals surface area contributed by atoms with Gasteiger partial charge in [-0.15, -0.1) is 0 Å². The molecule has 0 atom stereocenters. The molecule has 0 saturated heterocycles. The molecule has 0 spiro atoms. The Hall–Kier alpha value is -1.76. The quantitative estimate of drug-likeness (QED) is 0.842. The summed E-state index contributed by atoms with van der Waals surface area (Å²) in [4.78, 5) is 4.75. The van der Waals surface area contributed by atoms with Gasteiger partial charge < -0.3 is 10.6 Å². The lowest BCUT2D eigenvalue weighted by atomic mass is 9.95. The molecule has 0 aliphatic heterocycles. The number of nitriles is 1. The molecule has 23 heavy (non-hydrogen) atoms. The van der Waals surface area contributed by atoms with Gasteiger partial charge in [-0.25, -0.2) is 4.98 Å². The molecule has 2 fully saturated rings. The minimum Gasteiger partial charge on any atom is -0.367 e. The van der Waals surface area contributed by atoms with E-state index >= 15 is 0 Å². The monoisotopic (exact) mass is 312 g/mol. The highest BCUT2D eigenvalue weighted by Crippen LogP contribution is 2.27. The minimum atomic E-state index is 0.465. The standard InChI is InChI=1S/C19H28N4/c1-14-12-18(21-15-8-4-2-5-9-15)23-19(17(14)13-20)22-16-10-6-3-7-11-16/h12,15-16H,2-11H2,1H3,(H2,21,22,23). The maximum absolute atomic E-state index is 9.49. The minimum absolute atomic E-state index is 0.465. The van der Waals surface area contributed by atoms with Crippen molar-refractivity contribution in [1.82, 2.24) is 4.98 Å². The molecule has 1 aromatic heterocycles. The fourth-order valence-corrected chi connectivity index (χ4v) is 3.89. The van der Waals surface area contributed by atoms with Crippen molar-refractivity contribution < 1.29 is 0 Å². The zero-order valence-electron chi connectivity index (χ0n) is 14.2. The normalized spacial score (nSPS) is 20.0. The number of nitrogens with zero attached hydrogens (tertiary/aromatic N) is 2. The van der Waals surface area contributed by atoms with Crippen molar-refractivity contribution in [2.45, 2.75) is 83.2 Å². The van der Waals surface area contributed by atoms with Gasteiger partial charge in [-0.3, -0.25) is 0 Å². The summed E-state index contributed by atoms with van der Waals surface area (Å²) in [5.41, 5.74) is 1.71. The Kier molecular flexibility index (Phi) is 5.38. The Morgan fingerprint density at radius 1 is 0.957 bits per heavy atom. The van der Waals surface area contributed by atoms with Gasteiger partial charge in [-0.1, -0.05) is 38.5 Å². The molecule has 3 rings (SSSR count). The Morgan fingerprint density at radius 2 is 1.52 bits per heavy atom. The fraction of sp³-hybridized carbons (Fsp3) is 0.684. The number of nitrogens with one attached hydrogen (secondary N) is 2. The van der Waals surface area contributed by atoms with Crippen molar-refractivity contribution in [3.8, 4) is 6.07 Å². The van der Waals surface area contributed by atoms with Gasteiger partial charge in [0.05, 0.1) is 5.56 Å². The van der Waals surface area contributed by atoms with Crippen molar-refractivity contribution in [2.24, 2.45) is 0 Å². The maximum atomic E-state index is 9.49. The van der Waals surface area contributed by atoms with Crippen LogP contribution in [-0.4, -0.2) is 17.1 Å². The van der Waals surface area contributed by atoms with Gasteiger partial charge in [0.1, 0.15) is 17.7 Å². The SMILES string of the molecule is Cc1cc(NC2CCCCC2)nc(NC2CCCCC2)c1C#N. The Labute approximate surface area is 139 Å². The number of pyridine rings is 1. The van der Waals surface area contributed by atoms with Crippen LogP contribution in [0.1, 0.15) is 75.3 Å². The lowest BCUT2D eigenvalue weighted by molar-refractivity contribution is 0.460. The van der Waals surface area contributed by atoms with E-state index in [1.54, 1.807) is 0 Å². The van der Waals surface area contributed by atoms with Gasteiger partial charge in [0.2, 0.25) is 0 Å². The highest BCUT2D eigenvalue weighted by molar-refractivity contribution is 5.61. The van der Waals surface area contributed by atoms with Crippen molar-refractivity contribution in [3.63, 3.8) is 0 Å². The number of aromatic nitrogens is 1. The lowest BCUT2D eigenvalue weighted by Gasteiger charge is -2.26. The van der Waals surface area contributed by atoms with Gasteiger partial charge in [0.25, 0.3) is 0 Å². The van der Waals surface area contributed by atoms with E-state index in [4.69, 9.17) is 4.98 Å². The summed E-state index contributed by atoms with van der Waals surface area (Å²) in [6, 6.07) is 5.36. The summed E-state index contributed by atoms with van der Waals surface area (Å²) < 4.78 is 0. The van der Waals surface area contributed by atoms with Gasteiger partial charge in [-0.05, 0) is 44.2 Å². The smallest absolute Gasteiger partial charge is 0.146 e. The van der Waals surface area contributed by atoms with E-state index in [1.165, 1.54) is 64.2 Å². The van der Waals surface area contributed by atoms with Gasteiger partial charge in [0, 0.05) is 12.1 Å². The van der Waals surface area contributed by atoms with E-state index in [0.717, 1.165) is 17.2 Å². The Balaban J connectivity index is 1.76. The molecule has 2 aliphatic carbocycles. The topological polar surface area (TPSA) is 60.7 Å². The zero-order valence-corrected chi connectivity index (χ0v) is 14.2. The number of aryl methyl sites for hydroxylation is 1. The van der Waals surface area contributed by atoms with E-state index in [0.29, 0.717) is 17.6 Å². The molecule has 4 heteroatoms. The molecule has 1 heterocycles. The first-order valence-electron chi connectivity index (χ1n) is 9.21. The molecule has 2 aliphatic rings. The first-order valence-corrected chi connectivity index (χ1v) is 9.21. The number of rotatable bonds is 4. The molecule has 0 radical (unpaired) electrons. The van der Waals surface area contributed by atoms with Crippen molar-refractivity contribution in [2.75, 3.05) is 10.6 Å². The van der Waals surface area contributed by atoms with Crippen LogP contribution in [0.4, 0.5) is 11.6 Å². The van der Waals surface area contributed by atoms with Crippen LogP contribution in [-0.2, 0) is 0 Å². The first-order chi connectivity index (χ1) is 11.3. The average molecular weight is 312 g/mol. The van der Waals surface area contributed by atoms with Crippen LogP contribution in [0.2, 0.25) is 0 Å². The molecule has 4 nitrogen and oxygen atoms in total. The summed E-state index contributed by atoms with van der Waals surface area (Å²) in [7, 11) is 0. The molecular formula is C19H28N4. The lowest BCUT2D eigenvalue weighted by Crippen LogP contribution is -2.25. The van der Waals surface area contributed by atoms with E-state index in [1.807, 2.05) is 13.0 Å². The third kappa shape index (κ3) is 4.16. The summed E-state index contributed by atoms with van der Waals surface area (Å²) in [5, 5.41) is 16.6. The van der Waals surface area contributed by atoms with Crippen LogP contribution in [0.3, 0.4) is 0 Å². The van der Waals surface area contributed by atoms with E-state index < -0.39 is 0 Å². The van der Waals surface area contributed by atoms with E-state index in [9.17, 15) is 5.26 Å². The summed E-state index contributed by atoms with van der Waals surface area (Å²) in [6.07, 6.45) is 12.7. The summed E-state index contributed by atoms with van der Waals surface area (Å²) in [5.74, 6) is 1.70. The van der Waals surface area contributed by atoms with E-state index in [-0.39, 0.29) is 0 Å². The first kappa shape index (κ1) is 16.1. The number of hydrogen-bond donors (Lipinski definition) is 2. The second-order valence-corrected chi connectivity index (χ2v) is 7.12. The molecule has 0 amide bonds. The summed E-state index contributed by atoms with van der Waals surface area (Å²) in [6.45, 7) is 2.01. The van der Waals surface area contributed by atoms with Crippen molar-refractivity contribution in [1.29, 1.82) is 5.26 Å². The predicted molar refractivity (Wildman–Crippen MR) is 94.7 cm³/mol. The van der Waals surface area contributed by atoms with Gasteiger partial charge in [0.15, 0.2) is 0 Å².